The number of rotatable bonds is 2. The predicted molar refractivity (Wildman–Crippen MR) is 42.9 cm³/mol. The molecule has 0 fully saturated rings. The van der Waals surface area contributed by atoms with Crippen LogP contribution in [0.15, 0.2) is 11.4 Å². The monoisotopic (exact) mass is 187 g/mol. The van der Waals surface area contributed by atoms with Gasteiger partial charge in [-0.2, -0.15) is 0 Å². The highest BCUT2D eigenvalue weighted by Gasteiger charge is 2.12. The molecule has 3 N–H and O–H groups in total. The van der Waals surface area contributed by atoms with Crippen LogP contribution in [0.3, 0.4) is 0 Å². The lowest BCUT2D eigenvalue weighted by atomic mass is 10.4. The topological polar surface area (TPSA) is 86.6 Å². The van der Waals surface area contributed by atoms with Gasteiger partial charge in [0.05, 0.1) is 5.69 Å². The van der Waals surface area contributed by atoms with Gasteiger partial charge in [0, 0.05) is 0 Å². The lowest BCUT2D eigenvalue weighted by Gasteiger charge is -1.97. The maximum atomic E-state index is 10.4. The van der Waals surface area contributed by atoms with Gasteiger partial charge in [0.25, 0.3) is 0 Å². The van der Waals surface area contributed by atoms with Crippen LogP contribution < -0.4 is 5.32 Å². The SMILES string of the molecule is O=C(O)Nc1ccsc1C(=O)O. The maximum Gasteiger partial charge on any atom is 0.409 e. The standard InChI is InChI=1S/C6H5NO4S/c8-5(9)4-3(1-2-12-4)7-6(10)11/h1-2,7H,(H,8,9)(H,10,11). The van der Waals surface area contributed by atoms with Crippen molar-refractivity contribution < 1.29 is 19.8 Å². The van der Waals surface area contributed by atoms with E-state index < -0.39 is 12.1 Å². The molecule has 0 aliphatic rings. The Kier molecular flexibility index (Phi) is 2.29. The first-order valence-corrected chi connectivity index (χ1v) is 3.80. The minimum atomic E-state index is -1.27. The molecule has 12 heavy (non-hydrogen) atoms. The van der Waals surface area contributed by atoms with E-state index in [0.717, 1.165) is 11.3 Å². The highest BCUT2D eigenvalue weighted by molar-refractivity contribution is 7.12. The van der Waals surface area contributed by atoms with Crippen molar-refractivity contribution in [2.24, 2.45) is 0 Å². The Morgan fingerprint density at radius 1 is 1.42 bits per heavy atom. The largest absolute Gasteiger partial charge is 0.477 e. The van der Waals surface area contributed by atoms with E-state index in [0.29, 0.717) is 0 Å². The fraction of sp³-hybridized carbons (Fsp3) is 0. The Morgan fingerprint density at radius 2 is 2.08 bits per heavy atom. The van der Waals surface area contributed by atoms with Crippen LogP contribution >= 0.6 is 11.3 Å². The molecule has 0 bridgehead atoms. The Morgan fingerprint density at radius 3 is 2.58 bits per heavy atom. The van der Waals surface area contributed by atoms with Crippen LogP contribution in [0, 0.1) is 0 Å². The average molecular weight is 187 g/mol. The van der Waals surface area contributed by atoms with Crippen molar-refractivity contribution in [1.82, 2.24) is 0 Å². The molecule has 0 aromatic carbocycles. The number of nitrogens with one attached hydrogen (secondary N) is 1. The first-order valence-electron chi connectivity index (χ1n) is 2.92. The molecule has 6 heteroatoms. The number of carbonyl (C=O) groups is 2. The van der Waals surface area contributed by atoms with Crippen molar-refractivity contribution in [3.8, 4) is 0 Å². The molecule has 0 atom stereocenters. The average Bonchev–Trinajstić information content (AvgIpc) is 2.33. The molecule has 0 saturated heterocycles. The summed E-state index contributed by atoms with van der Waals surface area (Å²) in [7, 11) is 0. The summed E-state index contributed by atoms with van der Waals surface area (Å²) in [5.41, 5.74) is 0.111. The van der Waals surface area contributed by atoms with E-state index in [9.17, 15) is 9.59 Å². The number of carboxylic acids is 1. The molecule has 1 aromatic heterocycles. The van der Waals surface area contributed by atoms with E-state index in [1.807, 2.05) is 5.32 Å². The van der Waals surface area contributed by atoms with Gasteiger partial charge in [-0.05, 0) is 11.4 Å². The second kappa shape index (κ2) is 3.22. The molecule has 0 aliphatic heterocycles. The first kappa shape index (κ1) is 8.54. The summed E-state index contributed by atoms with van der Waals surface area (Å²) < 4.78 is 0. The number of anilines is 1. The van der Waals surface area contributed by atoms with Crippen molar-refractivity contribution in [1.29, 1.82) is 0 Å². The number of aromatic carboxylic acids is 1. The Balaban J connectivity index is 2.91. The van der Waals surface area contributed by atoms with Gasteiger partial charge < -0.3 is 10.2 Å². The number of hydrogen-bond donors (Lipinski definition) is 3. The molecule has 0 saturated carbocycles. The van der Waals surface area contributed by atoms with Gasteiger partial charge >= 0.3 is 12.1 Å². The van der Waals surface area contributed by atoms with Crippen molar-refractivity contribution in [3.63, 3.8) is 0 Å². The maximum absolute atomic E-state index is 10.4. The van der Waals surface area contributed by atoms with Gasteiger partial charge in [-0.3, -0.25) is 5.32 Å². The smallest absolute Gasteiger partial charge is 0.409 e. The minimum absolute atomic E-state index is 0.00241. The molecule has 5 nitrogen and oxygen atoms in total. The molecule has 64 valence electrons. The van der Waals surface area contributed by atoms with Crippen LogP contribution in [0.25, 0.3) is 0 Å². The summed E-state index contributed by atoms with van der Waals surface area (Å²) in [6.45, 7) is 0. The van der Waals surface area contributed by atoms with Crippen LogP contribution in [0.5, 0.6) is 0 Å². The summed E-state index contributed by atoms with van der Waals surface area (Å²) in [6.07, 6.45) is -1.27. The third kappa shape index (κ3) is 1.73. The predicted octanol–water partition coefficient (Wildman–Crippen LogP) is 1.54. The lowest BCUT2D eigenvalue weighted by Crippen LogP contribution is -2.09. The zero-order valence-corrected chi connectivity index (χ0v) is 6.59. The normalized spacial score (nSPS) is 9.33. The van der Waals surface area contributed by atoms with Gasteiger partial charge in [0.1, 0.15) is 4.88 Å². The number of thiophene rings is 1. The number of carboxylic acid groups (broad SMARTS) is 2. The van der Waals surface area contributed by atoms with E-state index in [2.05, 4.69) is 0 Å². The molecule has 1 rings (SSSR count). The lowest BCUT2D eigenvalue weighted by molar-refractivity contribution is 0.0703. The summed E-state index contributed by atoms with van der Waals surface area (Å²) in [5, 5.41) is 20.3. The summed E-state index contributed by atoms with van der Waals surface area (Å²) in [6, 6.07) is 1.40. The van der Waals surface area contributed by atoms with Crippen LogP contribution in [0.2, 0.25) is 0 Å². The van der Waals surface area contributed by atoms with Crippen molar-refractivity contribution in [2.45, 2.75) is 0 Å². The third-order valence-electron chi connectivity index (χ3n) is 1.10. The molecule has 0 radical (unpaired) electrons. The molecule has 1 amide bonds. The fourth-order valence-electron chi connectivity index (χ4n) is 0.689. The van der Waals surface area contributed by atoms with Crippen molar-refractivity contribution in [3.05, 3.63) is 16.3 Å². The van der Waals surface area contributed by atoms with Crippen molar-refractivity contribution >= 4 is 29.1 Å². The fourth-order valence-corrected chi connectivity index (χ4v) is 1.38. The van der Waals surface area contributed by atoms with Crippen molar-refractivity contribution in [2.75, 3.05) is 5.32 Å². The molecular weight excluding hydrogens is 182 g/mol. The van der Waals surface area contributed by atoms with E-state index in [4.69, 9.17) is 10.2 Å². The number of hydrogen-bond acceptors (Lipinski definition) is 3. The highest BCUT2D eigenvalue weighted by Crippen LogP contribution is 2.21. The molecule has 0 aliphatic carbocycles. The quantitative estimate of drug-likeness (QED) is 0.655. The van der Waals surface area contributed by atoms with Crippen LogP contribution in [0.1, 0.15) is 9.67 Å². The Hall–Kier alpha value is -1.56. The van der Waals surface area contributed by atoms with E-state index >= 15 is 0 Å². The van der Waals surface area contributed by atoms with Crippen LogP contribution in [-0.2, 0) is 0 Å². The zero-order chi connectivity index (χ0) is 9.14. The minimum Gasteiger partial charge on any atom is -0.477 e. The molecular formula is C6H5NO4S. The first-order chi connectivity index (χ1) is 5.61. The van der Waals surface area contributed by atoms with Gasteiger partial charge in [-0.1, -0.05) is 0 Å². The van der Waals surface area contributed by atoms with Gasteiger partial charge in [-0.25, -0.2) is 9.59 Å². The third-order valence-corrected chi connectivity index (χ3v) is 2.00. The zero-order valence-electron chi connectivity index (χ0n) is 5.77. The van der Waals surface area contributed by atoms with Gasteiger partial charge in [0.15, 0.2) is 0 Å². The Bertz CT molecular complexity index is 319. The highest BCUT2D eigenvalue weighted by atomic mass is 32.1. The second-order valence-corrected chi connectivity index (χ2v) is 2.81. The Labute approximate surface area is 71.3 Å². The van der Waals surface area contributed by atoms with E-state index in [1.165, 1.54) is 11.4 Å². The molecule has 1 heterocycles. The van der Waals surface area contributed by atoms with Gasteiger partial charge in [-0.15, -0.1) is 11.3 Å². The molecule has 1 aromatic rings. The second-order valence-electron chi connectivity index (χ2n) is 1.90. The van der Waals surface area contributed by atoms with Crippen LogP contribution in [0.4, 0.5) is 10.5 Å². The van der Waals surface area contributed by atoms with Crippen LogP contribution in [-0.4, -0.2) is 22.3 Å². The molecule has 0 unspecified atom stereocenters. The summed E-state index contributed by atoms with van der Waals surface area (Å²) in [5.74, 6) is -1.13. The summed E-state index contributed by atoms with van der Waals surface area (Å²) in [4.78, 5) is 20.6. The molecule has 0 spiro atoms. The number of amides is 1. The van der Waals surface area contributed by atoms with E-state index in [1.54, 1.807) is 0 Å². The van der Waals surface area contributed by atoms with Gasteiger partial charge in [0.2, 0.25) is 0 Å². The summed E-state index contributed by atoms with van der Waals surface area (Å²) >= 11 is 0.974. The van der Waals surface area contributed by atoms with E-state index in [-0.39, 0.29) is 10.6 Å².